The molecule has 6 nitrogen and oxygen atoms in total. The second kappa shape index (κ2) is 7.12. The summed E-state index contributed by atoms with van der Waals surface area (Å²) in [6.45, 7) is 4.37. The third-order valence-corrected chi connectivity index (χ3v) is 2.83. The highest BCUT2D eigenvalue weighted by Gasteiger charge is 2.14. The molecule has 1 unspecified atom stereocenters. The van der Waals surface area contributed by atoms with Crippen LogP contribution in [0.4, 0.5) is 0 Å². The number of hydrogen-bond acceptors (Lipinski definition) is 5. The lowest BCUT2D eigenvalue weighted by Crippen LogP contribution is -2.34. The Morgan fingerprint density at radius 2 is 2.05 bits per heavy atom. The molecule has 1 heterocycles. The van der Waals surface area contributed by atoms with Gasteiger partial charge in [-0.3, -0.25) is 4.79 Å². The molecule has 1 aliphatic heterocycles. The number of carbonyl (C=O) groups excluding carboxylic acids is 1. The van der Waals surface area contributed by atoms with Gasteiger partial charge >= 0.3 is 0 Å². The lowest BCUT2D eigenvalue weighted by atomic mass is 10.2. The van der Waals surface area contributed by atoms with Gasteiger partial charge in [-0.25, -0.2) is 0 Å². The molecule has 0 aromatic heterocycles. The molecular formula is C14H20N2O4. The van der Waals surface area contributed by atoms with Gasteiger partial charge in [0.2, 0.25) is 0 Å². The smallest absolute Gasteiger partial charge is 0.251 e. The second-order valence-corrected chi connectivity index (χ2v) is 4.67. The molecule has 1 atom stereocenters. The maximum Gasteiger partial charge on any atom is 0.251 e. The van der Waals surface area contributed by atoms with Gasteiger partial charge in [0.15, 0.2) is 11.5 Å². The van der Waals surface area contributed by atoms with Crippen molar-refractivity contribution in [3.05, 3.63) is 23.8 Å². The average Bonchev–Trinajstić information content (AvgIpc) is 2.46. The standard InChI is InChI=1S/C14H20N2O4/c1-10(17)9-15-4-5-16-14(18)11-2-3-12-13(8-11)20-7-6-19-12/h2-3,8,10,15,17H,4-7,9H2,1H3,(H,16,18). The minimum atomic E-state index is -0.386. The summed E-state index contributed by atoms with van der Waals surface area (Å²) in [7, 11) is 0. The monoisotopic (exact) mass is 280 g/mol. The van der Waals surface area contributed by atoms with Gasteiger partial charge < -0.3 is 25.2 Å². The van der Waals surface area contributed by atoms with E-state index >= 15 is 0 Å². The highest BCUT2D eigenvalue weighted by molar-refractivity contribution is 5.94. The topological polar surface area (TPSA) is 79.8 Å². The van der Waals surface area contributed by atoms with Gasteiger partial charge in [0, 0.05) is 25.2 Å². The largest absolute Gasteiger partial charge is 0.486 e. The van der Waals surface area contributed by atoms with Gasteiger partial charge in [0.25, 0.3) is 5.91 Å². The molecule has 0 aliphatic carbocycles. The van der Waals surface area contributed by atoms with Crippen LogP contribution in [-0.2, 0) is 0 Å². The van der Waals surface area contributed by atoms with E-state index in [0.29, 0.717) is 49.9 Å². The summed E-state index contributed by atoms with van der Waals surface area (Å²) in [6, 6.07) is 5.15. The molecule has 0 fully saturated rings. The molecule has 1 aliphatic rings. The lowest BCUT2D eigenvalue weighted by Gasteiger charge is -2.18. The molecule has 0 radical (unpaired) electrons. The van der Waals surface area contributed by atoms with Crippen molar-refractivity contribution in [2.24, 2.45) is 0 Å². The third kappa shape index (κ3) is 4.11. The van der Waals surface area contributed by atoms with Crippen LogP contribution in [-0.4, -0.2) is 50.0 Å². The van der Waals surface area contributed by atoms with Crippen molar-refractivity contribution in [1.29, 1.82) is 0 Å². The molecular weight excluding hydrogens is 260 g/mol. The minimum Gasteiger partial charge on any atom is -0.486 e. The fraction of sp³-hybridized carbons (Fsp3) is 0.500. The predicted molar refractivity (Wildman–Crippen MR) is 74.3 cm³/mol. The van der Waals surface area contributed by atoms with Crippen molar-refractivity contribution in [1.82, 2.24) is 10.6 Å². The minimum absolute atomic E-state index is 0.152. The van der Waals surface area contributed by atoms with E-state index in [1.165, 1.54) is 0 Å². The molecule has 1 aromatic carbocycles. The van der Waals surface area contributed by atoms with Crippen molar-refractivity contribution in [2.75, 3.05) is 32.8 Å². The summed E-state index contributed by atoms with van der Waals surface area (Å²) < 4.78 is 10.8. The Bertz CT molecular complexity index is 462. The SMILES string of the molecule is CC(O)CNCCNC(=O)c1ccc2c(c1)OCCO2. The van der Waals surface area contributed by atoms with Gasteiger partial charge in [0.05, 0.1) is 6.10 Å². The van der Waals surface area contributed by atoms with E-state index in [1.807, 2.05) is 0 Å². The van der Waals surface area contributed by atoms with Crippen LogP contribution in [0.5, 0.6) is 11.5 Å². The van der Waals surface area contributed by atoms with E-state index < -0.39 is 0 Å². The number of benzene rings is 1. The molecule has 0 saturated carbocycles. The van der Waals surface area contributed by atoms with Crippen molar-refractivity contribution >= 4 is 5.91 Å². The van der Waals surface area contributed by atoms with Crippen LogP contribution < -0.4 is 20.1 Å². The zero-order valence-electron chi connectivity index (χ0n) is 11.5. The Hall–Kier alpha value is -1.79. The molecule has 0 saturated heterocycles. The number of rotatable bonds is 6. The highest BCUT2D eigenvalue weighted by Crippen LogP contribution is 2.30. The first-order valence-corrected chi connectivity index (χ1v) is 6.73. The first-order valence-electron chi connectivity index (χ1n) is 6.73. The van der Waals surface area contributed by atoms with E-state index in [4.69, 9.17) is 14.6 Å². The molecule has 6 heteroatoms. The Balaban J connectivity index is 1.80. The fourth-order valence-electron chi connectivity index (χ4n) is 1.86. The Kier molecular flexibility index (Phi) is 5.20. The van der Waals surface area contributed by atoms with Gasteiger partial charge in [-0.2, -0.15) is 0 Å². The molecule has 20 heavy (non-hydrogen) atoms. The quantitative estimate of drug-likeness (QED) is 0.647. The van der Waals surface area contributed by atoms with Gasteiger partial charge in [-0.05, 0) is 25.1 Å². The summed E-state index contributed by atoms with van der Waals surface area (Å²) in [4.78, 5) is 11.9. The van der Waals surface area contributed by atoms with Crippen LogP contribution in [0.2, 0.25) is 0 Å². The second-order valence-electron chi connectivity index (χ2n) is 4.67. The number of aliphatic hydroxyl groups is 1. The van der Waals surface area contributed by atoms with Crippen molar-refractivity contribution < 1.29 is 19.4 Å². The average molecular weight is 280 g/mol. The van der Waals surface area contributed by atoms with Gasteiger partial charge in [-0.15, -0.1) is 0 Å². The zero-order valence-corrected chi connectivity index (χ0v) is 11.5. The first-order chi connectivity index (χ1) is 9.66. The molecule has 0 spiro atoms. The molecule has 110 valence electrons. The highest BCUT2D eigenvalue weighted by atomic mass is 16.6. The Labute approximate surface area is 118 Å². The van der Waals surface area contributed by atoms with E-state index in [9.17, 15) is 4.79 Å². The third-order valence-electron chi connectivity index (χ3n) is 2.83. The number of ether oxygens (including phenoxy) is 2. The number of aliphatic hydroxyl groups excluding tert-OH is 1. The molecule has 1 aromatic rings. The van der Waals surface area contributed by atoms with Crippen LogP contribution in [0.1, 0.15) is 17.3 Å². The lowest BCUT2D eigenvalue weighted by molar-refractivity contribution is 0.0952. The number of carbonyl (C=O) groups is 1. The van der Waals surface area contributed by atoms with Crippen molar-refractivity contribution in [2.45, 2.75) is 13.0 Å². The van der Waals surface area contributed by atoms with E-state index in [-0.39, 0.29) is 12.0 Å². The molecule has 1 amide bonds. The Morgan fingerprint density at radius 3 is 2.80 bits per heavy atom. The molecule has 3 N–H and O–H groups in total. The van der Waals surface area contributed by atoms with Crippen LogP contribution in [0.15, 0.2) is 18.2 Å². The maximum absolute atomic E-state index is 11.9. The van der Waals surface area contributed by atoms with Crippen LogP contribution in [0.3, 0.4) is 0 Å². The summed E-state index contributed by atoms with van der Waals surface area (Å²) in [5, 5.41) is 14.9. The number of fused-ring (bicyclic) bond motifs is 1. The fourth-order valence-corrected chi connectivity index (χ4v) is 1.86. The summed E-state index contributed by atoms with van der Waals surface area (Å²) in [5.41, 5.74) is 0.546. The van der Waals surface area contributed by atoms with E-state index in [1.54, 1.807) is 25.1 Å². The van der Waals surface area contributed by atoms with Crippen LogP contribution in [0, 0.1) is 0 Å². The molecule has 0 bridgehead atoms. The number of nitrogens with one attached hydrogen (secondary N) is 2. The zero-order chi connectivity index (χ0) is 14.4. The summed E-state index contributed by atoms with van der Waals surface area (Å²) >= 11 is 0. The van der Waals surface area contributed by atoms with Gasteiger partial charge in [0.1, 0.15) is 13.2 Å². The van der Waals surface area contributed by atoms with Crippen LogP contribution in [0.25, 0.3) is 0 Å². The van der Waals surface area contributed by atoms with E-state index in [0.717, 1.165) is 0 Å². The molecule has 2 rings (SSSR count). The van der Waals surface area contributed by atoms with Crippen molar-refractivity contribution in [3.63, 3.8) is 0 Å². The Morgan fingerprint density at radius 1 is 1.30 bits per heavy atom. The summed E-state index contributed by atoms with van der Waals surface area (Å²) in [6.07, 6.45) is -0.386. The van der Waals surface area contributed by atoms with E-state index in [2.05, 4.69) is 10.6 Å². The number of amides is 1. The van der Waals surface area contributed by atoms with Crippen LogP contribution >= 0.6 is 0 Å². The first kappa shape index (κ1) is 14.6. The predicted octanol–water partition coefficient (Wildman–Crippen LogP) is 0.158. The maximum atomic E-state index is 11.9. The van der Waals surface area contributed by atoms with Gasteiger partial charge in [-0.1, -0.05) is 0 Å². The van der Waals surface area contributed by atoms with Crippen molar-refractivity contribution in [3.8, 4) is 11.5 Å². The summed E-state index contributed by atoms with van der Waals surface area (Å²) in [5.74, 6) is 1.13. The normalized spacial score (nSPS) is 14.7. The number of hydrogen-bond donors (Lipinski definition) is 3.